The number of halogens is 1. The number of aryl methyl sites for hydroxylation is 1. The molecule has 0 amide bonds. The first kappa shape index (κ1) is 13.1. The van der Waals surface area contributed by atoms with Gasteiger partial charge in [0.25, 0.3) is 0 Å². The maximum atomic E-state index is 13.1. The highest BCUT2D eigenvalue weighted by Gasteiger charge is 2.12. The number of ether oxygens (including phenoxy) is 1. The van der Waals surface area contributed by atoms with Crippen molar-refractivity contribution in [2.24, 2.45) is 0 Å². The Morgan fingerprint density at radius 2 is 2.32 bits per heavy atom. The van der Waals surface area contributed by atoms with Gasteiger partial charge in [-0.1, -0.05) is 0 Å². The fourth-order valence-electron chi connectivity index (χ4n) is 1.64. The summed E-state index contributed by atoms with van der Waals surface area (Å²) in [5.41, 5.74) is -0.0379. The molecule has 100 valence electrons. The standard InChI is InChI=1S/C13H13FN2O3/c14-10-2-3-11(13(17)18)12(8-10)19-7-1-5-16-6-4-15-9-16/h2-4,6,8-9H,1,5,7H2,(H,17,18). The van der Waals surface area contributed by atoms with Gasteiger partial charge in [-0.3, -0.25) is 0 Å². The molecule has 0 aliphatic carbocycles. The average Bonchev–Trinajstić information content (AvgIpc) is 2.87. The summed E-state index contributed by atoms with van der Waals surface area (Å²) in [5.74, 6) is -1.60. The summed E-state index contributed by atoms with van der Waals surface area (Å²) in [6, 6.07) is 3.38. The van der Waals surface area contributed by atoms with E-state index < -0.39 is 11.8 Å². The Balaban J connectivity index is 1.91. The minimum Gasteiger partial charge on any atom is -0.493 e. The van der Waals surface area contributed by atoms with Gasteiger partial charge in [-0.25, -0.2) is 14.2 Å². The summed E-state index contributed by atoms with van der Waals surface area (Å²) in [4.78, 5) is 14.8. The number of nitrogens with zero attached hydrogens (tertiary/aromatic N) is 2. The van der Waals surface area contributed by atoms with Crippen molar-refractivity contribution in [3.63, 3.8) is 0 Å². The SMILES string of the molecule is O=C(O)c1ccc(F)cc1OCCCn1ccnc1. The van der Waals surface area contributed by atoms with Crippen LogP contribution in [0, 0.1) is 5.82 Å². The lowest BCUT2D eigenvalue weighted by Crippen LogP contribution is -2.07. The number of carbonyl (C=O) groups is 1. The van der Waals surface area contributed by atoms with Gasteiger partial charge < -0.3 is 14.4 Å². The van der Waals surface area contributed by atoms with Crippen LogP contribution >= 0.6 is 0 Å². The van der Waals surface area contributed by atoms with Crippen molar-refractivity contribution >= 4 is 5.97 Å². The van der Waals surface area contributed by atoms with Crippen LogP contribution in [0.1, 0.15) is 16.8 Å². The Morgan fingerprint density at radius 3 is 3.00 bits per heavy atom. The Bertz CT molecular complexity index is 555. The zero-order chi connectivity index (χ0) is 13.7. The highest BCUT2D eigenvalue weighted by atomic mass is 19.1. The molecule has 1 N–H and O–H groups in total. The van der Waals surface area contributed by atoms with Crippen LogP contribution in [0.4, 0.5) is 4.39 Å². The highest BCUT2D eigenvalue weighted by molar-refractivity contribution is 5.90. The van der Waals surface area contributed by atoms with Gasteiger partial charge in [0.1, 0.15) is 17.1 Å². The molecule has 2 rings (SSSR count). The van der Waals surface area contributed by atoms with Crippen LogP contribution in [0.5, 0.6) is 5.75 Å². The number of carboxylic acids is 1. The van der Waals surface area contributed by atoms with Gasteiger partial charge >= 0.3 is 5.97 Å². The Morgan fingerprint density at radius 1 is 1.47 bits per heavy atom. The molecule has 0 atom stereocenters. The average molecular weight is 264 g/mol. The van der Waals surface area contributed by atoms with Gasteiger partial charge in [-0.05, 0) is 18.6 Å². The lowest BCUT2D eigenvalue weighted by molar-refractivity contribution is 0.0692. The number of hydrogen-bond donors (Lipinski definition) is 1. The van der Waals surface area contributed by atoms with Gasteiger partial charge in [-0.15, -0.1) is 0 Å². The van der Waals surface area contributed by atoms with E-state index in [0.29, 0.717) is 19.6 Å². The summed E-state index contributed by atoms with van der Waals surface area (Å²) >= 11 is 0. The van der Waals surface area contributed by atoms with E-state index in [1.807, 2.05) is 10.8 Å². The Labute approximate surface area is 109 Å². The van der Waals surface area contributed by atoms with Crippen LogP contribution in [-0.4, -0.2) is 27.2 Å². The van der Waals surface area contributed by atoms with E-state index in [4.69, 9.17) is 9.84 Å². The maximum absolute atomic E-state index is 13.1. The Hall–Kier alpha value is -2.37. The summed E-state index contributed by atoms with van der Waals surface area (Å²) < 4.78 is 20.3. The topological polar surface area (TPSA) is 64.3 Å². The number of benzene rings is 1. The number of aromatic carboxylic acids is 1. The molecule has 0 aliphatic rings. The molecule has 5 nitrogen and oxygen atoms in total. The van der Waals surface area contributed by atoms with Gasteiger partial charge in [0.05, 0.1) is 12.9 Å². The second kappa shape index (κ2) is 5.99. The second-order valence-corrected chi connectivity index (χ2v) is 3.95. The van der Waals surface area contributed by atoms with Crippen molar-refractivity contribution in [2.75, 3.05) is 6.61 Å². The quantitative estimate of drug-likeness (QED) is 0.812. The molecule has 0 spiro atoms. The summed E-state index contributed by atoms with van der Waals surface area (Å²) in [6.07, 6.45) is 5.86. The summed E-state index contributed by atoms with van der Waals surface area (Å²) in [7, 11) is 0. The lowest BCUT2D eigenvalue weighted by Gasteiger charge is -2.09. The predicted octanol–water partition coefficient (Wildman–Crippen LogP) is 2.19. The van der Waals surface area contributed by atoms with Gasteiger partial charge in [0.2, 0.25) is 0 Å². The fourth-order valence-corrected chi connectivity index (χ4v) is 1.64. The van der Waals surface area contributed by atoms with Crippen molar-refractivity contribution in [2.45, 2.75) is 13.0 Å². The number of imidazole rings is 1. The third-order valence-electron chi connectivity index (χ3n) is 2.55. The van der Waals surface area contributed by atoms with E-state index in [1.54, 1.807) is 12.5 Å². The molecule has 0 radical (unpaired) electrons. The molecule has 6 heteroatoms. The molecule has 0 saturated carbocycles. The lowest BCUT2D eigenvalue weighted by atomic mass is 10.2. The van der Waals surface area contributed by atoms with Crippen molar-refractivity contribution in [1.29, 1.82) is 0 Å². The van der Waals surface area contributed by atoms with E-state index in [9.17, 15) is 9.18 Å². The largest absolute Gasteiger partial charge is 0.493 e. The molecule has 1 heterocycles. The normalized spacial score (nSPS) is 10.4. The molecular weight excluding hydrogens is 251 g/mol. The smallest absolute Gasteiger partial charge is 0.339 e. The van der Waals surface area contributed by atoms with Crippen LogP contribution < -0.4 is 4.74 Å². The van der Waals surface area contributed by atoms with Crippen molar-refractivity contribution in [3.8, 4) is 5.75 Å². The van der Waals surface area contributed by atoms with E-state index in [-0.39, 0.29) is 11.3 Å². The van der Waals surface area contributed by atoms with Crippen LogP contribution in [-0.2, 0) is 6.54 Å². The van der Waals surface area contributed by atoms with Gasteiger partial charge in [0, 0.05) is 25.0 Å². The van der Waals surface area contributed by atoms with Crippen LogP contribution in [0.2, 0.25) is 0 Å². The summed E-state index contributed by atoms with van der Waals surface area (Å²) in [5, 5.41) is 8.95. The fraction of sp³-hybridized carbons (Fsp3) is 0.231. The predicted molar refractivity (Wildman–Crippen MR) is 65.7 cm³/mol. The molecule has 0 saturated heterocycles. The second-order valence-electron chi connectivity index (χ2n) is 3.95. The molecular formula is C13H13FN2O3. The first-order valence-electron chi connectivity index (χ1n) is 5.78. The van der Waals surface area contributed by atoms with Crippen molar-refractivity contribution in [3.05, 3.63) is 48.3 Å². The molecule has 0 bridgehead atoms. The van der Waals surface area contributed by atoms with Crippen LogP contribution in [0.15, 0.2) is 36.9 Å². The number of hydrogen-bond acceptors (Lipinski definition) is 3. The molecule has 2 aromatic rings. The van der Waals surface area contributed by atoms with Crippen LogP contribution in [0.3, 0.4) is 0 Å². The van der Waals surface area contributed by atoms with E-state index >= 15 is 0 Å². The third-order valence-corrected chi connectivity index (χ3v) is 2.55. The van der Waals surface area contributed by atoms with E-state index in [2.05, 4.69) is 4.98 Å². The number of rotatable bonds is 6. The zero-order valence-corrected chi connectivity index (χ0v) is 10.1. The molecule has 1 aromatic carbocycles. The third kappa shape index (κ3) is 3.54. The van der Waals surface area contributed by atoms with E-state index in [0.717, 1.165) is 12.1 Å². The highest BCUT2D eigenvalue weighted by Crippen LogP contribution is 2.20. The monoisotopic (exact) mass is 264 g/mol. The van der Waals surface area contributed by atoms with E-state index in [1.165, 1.54) is 6.07 Å². The maximum Gasteiger partial charge on any atom is 0.339 e. The first-order valence-corrected chi connectivity index (χ1v) is 5.78. The van der Waals surface area contributed by atoms with Crippen molar-refractivity contribution < 1.29 is 19.0 Å². The molecule has 19 heavy (non-hydrogen) atoms. The van der Waals surface area contributed by atoms with Gasteiger partial charge in [0.15, 0.2) is 0 Å². The number of aromatic nitrogens is 2. The Kier molecular flexibility index (Phi) is 4.12. The minimum atomic E-state index is -1.13. The molecule has 1 aromatic heterocycles. The summed E-state index contributed by atoms with van der Waals surface area (Å²) in [6.45, 7) is 1.01. The van der Waals surface area contributed by atoms with Crippen molar-refractivity contribution in [1.82, 2.24) is 9.55 Å². The minimum absolute atomic E-state index is 0.0379. The van der Waals surface area contributed by atoms with Crippen LogP contribution in [0.25, 0.3) is 0 Å². The molecule has 0 aliphatic heterocycles. The van der Waals surface area contributed by atoms with Gasteiger partial charge in [-0.2, -0.15) is 0 Å². The first-order chi connectivity index (χ1) is 9.16. The molecule has 0 unspecified atom stereocenters. The number of carboxylic acid groups (broad SMARTS) is 1. The molecule has 0 fully saturated rings. The zero-order valence-electron chi connectivity index (χ0n) is 10.1.